The van der Waals surface area contributed by atoms with Crippen LogP contribution in [0.2, 0.25) is 0 Å². The van der Waals surface area contributed by atoms with Gasteiger partial charge in [-0.3, -0.25) is 9.59 Å². The van der Waals surface area contributed by atoms with E-state index in [1.54, 1.807) is 66.6 Å². The van der Waals surface area contributed by atoms with Crippen LogP contribution < -0.4 is 15.4 Å². The number of benzene rings is 3. The Balaban J connectivity index is 1.36. The average molecular weight is 427 g/mol. The van der Waals surface area contributed by atoms with Crippen LogP contribution in [-0.2, 0) is 6.54 Å². The lowest BCUT2D eigenvalue weighted by Crippen LogP contribution is -2.14. The zero-order chi connectivity index (χ0) is 22.3. The Morgan fingerprint density at radius 1 is 0.875 bits per heavy atom. The van der Waals surface area contributed by atoms with Crippen molar-refractivity contribution in [2.45, 2.75) is 6.54 Å². The van der Waals surface area contributed by atoms with Crippen LogP contribution in [0, 0.1) is 0 Å². The molecule has 0 unspecified atom stereocenters. The molecule has 0 saturated carbocycles. The molecule has 0 aliphatic heterocycles. The fourth-order valence-corrected chi connectivity index (χ4v) is 3.11. The molecule has 1 heterocycles. The van der Waals surface area contributed by atoms with Crippen LogP contribution in [0.4, 0.5) is 11.4 Å². The molecule has 0 saturated heterocycles. The van der Waals surface area contributed by atoms with Crippen LogP contribution >= 0.6 is 0 Å². The molecule has 8 nitrogen and oxygen atoms in total. The second-order valence-electron chi connectivity index (χ2n) is 6.98. The number of amides is 2. The summed E-state index contributed by atoms with van der Waals surface area (Å²) in [4.78, 5) is 29.0. The van der Waals surface area contributed by atoms with E-state index >= 15 is 0 Å². The number of methoxy groups -OCH3 is 1. The van der Waals surface area contributed by atoms with Crippen molar-refractivity contribution >= 4 is 23.2 Å². The summed E-state index contributed by atoms with van der Waals surface area (Å²) in [6.07, 6.45) is 3.12. The van der Waals surface area contributed by atoms with Crippen LogP contribution in [-0.4, -0.2) is 33.7 Å². The monoisotopic (exact) mass is 427 g/mol. The first kappa shape index (κ1) is 20.8. The van der Waals surface area contributed by atoms with E-state index in [0.717, 1.165) is 5.56 Å². The molecule has 0 bridgehead atoms. The highest BCUT2D eigenvalue weighted by Crippen LogP contribution is 2.24. The van der Waals surface area contributed by atoms with Crippen molar-refractivity contribution in [3.8, 4) is 5.75 Å². The molecule has 32 heavy (non-hydrogen) atoms. The summed E-state index contributed by atoms with van der Waals surface area (Å²) in [7, 11) is 1.55. The SMILES string of the molecule is COc1ccccc1NC(=O)c1ccc(NC(=O)c2ccc(Cn3cncn3)cc2)cc1. The van der Waals surface area contributed by atoms with E-state index < -0.39 is 0 Å². The minimum atomic E-state index is -0.268. The normalized spacial score (nSPS) is 10.4. The van der Waals surface area contributed by atoms with Crippen LogP contribution in [0.3, 0.4) is 0 Å². The zero-order valence-electron chi connectivity index (χ0n) is 17.4. The Morgan fingerprint density at radius 3 is 2.19 bits per heavy atom. The van der Waals surface area contributed by atoms with E-state index in [4.69, 9.17) is 4.74 Å². The maximum absolute atomic E-state index is 12.5. The molecular formula is C24H21N5O3. The smallest absolute Gasteiger partial charge is 0.255 e. The van der Waals surface area contributed by atoms with E-state index in [1.807, 2.05) is 24.3 Å². The minimum absolute atomic E-state index is 0.233. The van der Waals surface area contributed by atoms with Crippen molar-refractivity contribution in [1.82, 2.24) is 14.8 Å². The van der Waals surface area contributed by atoms with Gasteiger partial charge in [0.1, 0.15) is 18.4 Å². The average Bonchev–Trinajstić information content (AvgIpc) is 3.33. The fourth-order valence-electron chi connectivity index (χ4n) is 3.11. The quantitative estimate of drug-likeness (QED) is 0.467. The molecule has 160 valence electrons. The summed E-state index contributed by atoms with van der Waals surface area (Å²) in [5.41, 5.74) is 3.19. The lowest BCUT2D eigenvalue weighted by atomic mass is 10.1. The van der Waals surface area contributed by atoms with Crippen molar-refractivity contribution in [2.75, 3.05) is 17.7 Å². The molecule has 0 fully saturated rings. The number of nitrogens with one attached hydrogen (secondary N) is 2. The number of hydrogen-bond acceptors (Lipinski definition) is 5. The predicted molar refractivity (Wildman–Crippen MR) is 121 cm³/mol. The Morgan fingerprint density at radius 2 is 1.53 bits per heavy atom. The molecular weight excluding hydrogens is 406 g/mol. The van der Waals surface area contributed by atoms with Crippen molar-refractivity contribution in [3.05, 3.63) is 102 Å². The highest BCUT2D eigenvalue weighted by Gasteiger charge is 2.11. The molecule has 4 rings (SSSR count). The van der Waals surface area contributed by atoms with Gasteiger partial charge in [-0.15, -0.1) is 0 Å². The van der Waals surface area contributed by atoms with Gasteiger partial charge in [0.2, 0.25) is 0 Å². The van der Waals surface area contributed by atoms with E-state index in [1.165, 1.54) is 6.33 Å². The summed E-state index contributed by atoms with van der Waals surface area (Å²) < 4.78 is 6.96. The van der Waals surface area contributed by atoms with Gasteiger partial charge in [0.05, 0.1) is 19.3 Å². The third-order valence-electron chi connectivity index (χ3n) is 4.79. The number of rotatable bonds is 7. The van der Waals surface area contributed by atoms with Crippen LogP contribution in [0.25, 0.3) is 0 Å². The lowest BCUT2D eigenvalue weighted by molar-refractivity contribution is 0.101. The maximum Gasteiger partial charge on any atom is 0.255 e. The number of aromatic nitrogens is 3. The van der Waals surface area contributed by atoms with Crippen molar-refractivity contribution < 1.29 is 14.3 Å². The van der Waals surface area contributed by atoms with E-state index in [-0.39, 0.29) is 11.8 Å². The number of carbonyl (C=O) groups excluding carboxylic acids is 2. The van der Waals surface area contributed by atoms with Gasteiger partial charge in [-0.05, 0) is 54.1 Å². The molecule has 3 aromatic carbocycles. The lowest BCUT2D eigenvalue weighted by Gasteiger charge is -2.10. The maximum atomic E-state index is 12.5. The van der Waals surface area contributed by atoms with E-state index in [0.29, 0.717) is 34.8 Å². The number of para-hydroxylation sites is 2. The van der Waals surface area contributed by atoms with Gasteiger partial charge >= 0.3 is 0 Å². The van der Waals surface area contributed by atoms with Gasteiger partial charge in [-0.1, -0.05) is 24.3 Å². The van der Waals surface area contributed by atoms with E-state index in [9.17, 15) is 9.59 Å². The summed E-state index contributed by atoms with van der Waals surface area (Å²) in [5.74, 6) is 0.0796. The third kappa shape index (κ3) is 4.99. The van der Waals surface area contributed by atoms with Gasteiger partial charge in [-0.2, -0.15) is 5.10 Å². The van der Waals surface area contributed by atoms with Crippen molar-refractivity contribution in [2.24, 2.45) is 0 Å². The van der Waals surface area contributed by atoms with Gasteiger partial charge in [0.15, 0.2) is 0 Å². The van der Waals surface area contributed by atoms with Crippen LogP contribution in [0.5, 0.6) is 5.75 Å². The molecule has 0 spiro atoms. The highest BCUT2D eigenvalue weighted by atomic mass is 16.5. The highest BCUT2D eigenvalue weighted by molar-refractivity contribution is 6.06. The van der Waals surface area contributed by atoms with Gasteiger partial charge in [-0.25, -0.2) is 9.67 Å². The van der Waals surface area contributed by atoms with Crippen molar-refractivity contribution in [1.29, 1.82) is 0 Å². The van der Waals surface area contributed by atoms with Crippen molar-refractivity contribution in [3.63, 3.8) is 0 Å². The Labute approximate surface area is 184 Å². The first-order chi connectivity index (χ1) is 15.6. The Hall–Kier alpha value is -4.46. The summed E-state index contributed by atoms with van der Waals surface area (Å²) in [6.45, 7) is 0.584. The number of ether oxygens (including phenoxy) is 1. The second kappa shape index (κ2) is 9.57. The molecule has 1 aromatic heterocycles. The predicted octanol–water partition coefficient (Wildman–Crippen LogP) is 3.84. The number of anilines is 2. The topological polar surface area (TPSA) is 98.1 Å². The third-order valence-corrected chi connectivity index (χ3v) is 4.79. The summed E-state index contributed by atoms with van der Waals surface area (Å²) in [5, 5.41) is 9.73. The van der Waals surface area contributed by atoms with Gasteiger partial charge < -0.3 is 15.4 Å². The molecule has 0 atom stereocenters. The van der Waals surface area contributed by atoms with Gasteiger partial charge in [0, 0.05) is 16.8 Å². The molecule has 8 heteroatoms. The summed E-state index contributed by atoms with van der Waals surface area (Å²) in [6, 6.07) is 21.1. The Kier molecular flexibility index (Phi) is 6.22. The Bertz CT molecular complexity index is 1200. The molecule has 0 aliphatic rings. The first-order valence-electron chi connectivity index (χ1n) is 9.89. The zero-order valence-corrected chi connectivity index (χ0v) is 17.4. The largest absolute Gasteiger partial charge is 0.495 e. The van der Waals surface area contributed by atoms with Crippen LogP contribution in [0.1, 0.15) is 26.3 Å². The summed E-state index contributed by atoms with van der Waals surface area (Å²) >= 11 is 0. The number of carbonyl (C=O) groups is 2. The standard InChI is InChI=1S/C24H21N5O3/c1-32-22-5-3-2-4-21(22)28-24(31)19-10-12-20(13-11-19)27-23(30)18-8-6-17(7-9-18)14-29-16-25-15-26-29/h2-13,15-16H,14H2,1H3,(H,27,30)(H,28,31). The van der Waals surface area contributed by atoms with Crippen LogP contribution in [0.15, 0.2) is 85.5 Å². The molecule has 0 aliphatic carbocycles. The van der Waals surface area contributed by atoms with Gasteiger partial charge in [0.25, 0.3) is 11.8 Å². The first-order valence-corrected chi connectivity index (χ1v) is 9.89. The number of hydrogen-bond donors (Lipinski definition) is 2. The molecule has 2 amide bonds. The molecule has 4 aromatic rings. The molecule has 2 N–H and O–H groups in total. The fraction of sp³-hybridized carbons (Fsp3) is 0.0833. The minimum Gasteiger partial charge on any atom is -0.495 e. The number of nitrogens with zero attached hydrogens (tertiary/aromatic N) is 3. The second-order valence-corrected chi connectivity index (χ2v) is 6.98. The van der Waals surface area contributed by atoms with E-state index in [2.05, 4.69) is 20.7 Å². The molecule has 0 radical (unpaired) electrons.